The third-order valence-electron chi connectivity index (χ3n) is 3.83. The third-order valence-corrected chi connectivity index (χ3v) is 7.79. The van der Waals surface area contributed by atoms with Crippen molar-refractivity contribution in [2.45, 2.75) is 0 Å². The quantitative estimate of drug-likeness (QED) is 0.391. The molecule has 4 nitrogen and oxygen atoms in total. The number of nitrogens with one attached hydrogen (secondary N) is 1. The van der Waals surface area contributed by atoms with E-state index in [2.05, 4.69) is 10.3 Å². The first-order valence-corrected chi connectivity index (χ1v) is 10.8. The first-order valence-electron chi connectivity index (χ1n) is 7.95. The summed E-state index contributed by atoms with van der Waals surface area (Å²) in [6.45, 7) is 0. The molecule has 0 aliphatic carbocycles. The topological polar surface area (TPSA) is 61.7 Å². The van der Waals surface area contributed by atoms with Gasteiger partial charge in [-0.05, 0) is 6.07 Å². The molecule has 0 heterocycles. The Morgan fingerprint density at radius 2 is 1.38 bits per heavy atom. The lowest BCUT2D eigenvalue weighted by molar-refractivity contribution is 0.0697. The van der Waals surface area contributed by atoms with Crippen LogP contribution in [0, 0.1) is 0 Å². The van der Waals surface area contributed by atoms with E-state index in [4.69, 9.17) is 11.8 Å². The van der Waals surface area contributed by atoms with Crippen LogP contribution in [0.25, 0.3) is 0 Å². The maximum absolute atomic E-state index is 11.3. The number of nitrogens with zero attached hydrogens (tertiary/aromatic N) is 1. The maximum atomic E-state index is 11.3. The largest absolute Gasteiger partial charge is 0.478 e. The van der Waals surface area contributed by atoms with Crippen molar-refractivity contribution in [3.63, 3.8) is 0 Å². The maximum Gasteiger partial charge on any atom is 0.336 e. The van der Waals surface area contributed by atoms with E-state index in [0.717, 1.165) is 10.6 Å². The molecule has 130 valence electrons. The summed E-state index contributed by atoms with van der Waals surface area (Å²) in [5.41, 5.74) is 0.723. The molecule has 0 aliphatic heterocycles. The number of aromatic carboxylic acids is 1. The van der Waals surface area contributed by atoms with E-state index in [1.807, 2.05) is 60.7 Å². The van der Waals surface area contributed by atoms with Crippen molar-refractivity contribution in [1.82, 2.24) is 5.20 Å². The van der Waals surface area contributed by atoms with Gasteiger partial charge < -0.3 is 5.11 Å². The number of benzene rings is 3. The Morgan fingerprint density at radius 3 is 1.92 bits per heavy atom. The second-order valence-corrected chi connectivity index (χ2v) is 9.63. The Kier molecular flexibility index (Phi) is 5.61. The van der Waals surface area contributed by atoms with Crippen molar-refractivity contribution >= 4 is 40.8 Å². The van der Waals surface area contributed by atoms with Gasteiger partial charge in [-0.1, -0.05) is 90.7 Å². The minimum Gasteiger partial charge on any atom is -0.478 e. The van der Waals surface area contributed by atoms with Gasteiger partial charge in [-0.25, -0.2) is 4.79 Å². The predicted octanol–water partition coefficient (Wildman–Crippen LogP) is 3.35. The molecule has 0 saturated carbocycles. The van der Waals surface area contributed by atoms with Gasteiger partial charge in [0, 0.05) is 16.2 Å². The van der Waals surface area contributed by atoms with Crippen LogP contribution in [-0.2, 0) is 11.8 Å². The number of rotatable bonds is 6. The zero-order valence-corrected chi connectivity index (χ0v) is 15.5. The van der Waals surface area contributed by atoms with Gasteiger partial charge >= 0.3 is 5.97 Å². The molecular weight excluding hydrogens is 363 g/mol. The molecule has 0 radical (unpaired) electrons. The van der Waals surface area contributed by atoms with Crippen LogP contribution >= 0.6 is 6.19 Å². The molecule has 0 aromatic heterocycles. The molecule has 3 aromatic rings. The van der Waals surface area contributed by atoms with E-state index in [0.29, 0.717) is 5.56 Å². The van der Waals surface area contributed by atoms with Crippen LogP contribution in [0.4, 0.5) is 0 Å². The average molecular weight is 380 g/mol. The minimum atomic E-state index is -2.36. The summed E-state index contributed by atoms with van der Waals surface area (Å²) in [4.78, 5) is 11.3. The van der Waals surface area contributed by atoms with Crippen LogP contribution in [0.15, 0.2) is 90.0 Å². The monoisotopic (exact) mass is 380 g/mol. The van der Waals surface area contributed by atoms with Gasteiger partial charge in [-0.3, -0.25) is 5.20 Å². The van der Waals surface area contributed by atoms with Crippen LogP contribution in [-0.4, -0.2) is 17.3 Å². The second kappa shape index (κ2) is 8.09. The average Bonchev–Trinajstić information content (AvgIpc) is 2.69. The molecule has 2 N–H and O–H groups in total. The highest BCUT2D eigenvalue weighted by molar-refractivity contribution is 8.20. The van der Waals surface area contributed by atoms with Crippen molar-refractivity contribution in [3.8, 4) is 0 Å². The first-order chi connectivity index (χ1) is 12.6. The zero-order chi connectivity index (χ0) is 18.4. The van der Waals surface area contributed by atoms with Crippen molar-refractivity contribution in [1.29, 1.82) is 0 Å². The summed E-state index contributed by atoms with van der Waals surface area (Å²) in [5.74, 6) is -0.988. The highest BCUT2D eigenvalue weighted by atomic mass is 32.4. The molecule has 0 saturated heterocycles. The highest BCUT2D eigenvalue weighted by Crippen LogP contribution is 2.38. The Labute approximate surface area is 157 Å². The van der Waals surface area contributed by atoms with Gasteiger partial charge in [0.1, 0.15) is 6.19 Å². The molecule has 0 fully saturated rings. The SMILES string of the molecule is O=C(O)c1ccccc1/C=N/NP(=S)(c1ccccc1)c1ccccc1. The zero-order valence-electron chi connectivity index (χ0n) is 13.8. The van der Waals surface area contributed by atoms with E-state index in [-0.39, 0.29) is 5.56 Å². The Bertz CT molecular complexity index is 932. The van der Waals surface area contributed by atoms with Gasteiger partial charge in [0.15, 0.2) is 0 Å². The molecule has 3 aromatic carbocycles. The van der Waals surface area contributed by atoms with E-state index in [9.17, 15) is 9.90 Å². The molecular formula is C20H17N2O2PS. The Morgan fingerprint density at radius 1 is 0.885 bits per heavy atom. The lowest BCUT2D eigenvalue weighted by Crippen LogP contribution is -2.24. The summed E-state index contributed by atoms with van der Waals surface area (Å²) in [7, 11) is 0. The van der Waals surface area contributed by atoms with Crippen LogP contribution < -0.4 is 15.8 Å². The van der Waals surface area contributed by atoms with Crippen molar-refractivity contribution in [2.75, 3.05) is 0 Å². The van der Waals surface area contributed by atoms with Gasteiger partial charge in [-0.2, -0.15) is 5.10 Å². The molecule has 6 heteroatoms. The van der Waals surface area contributed by atoms with Crippen LogP contribution in [0.3, 0.4) is 0 Å². The van der Waals surface area contributed by atoms with Gasteiger partial charge in [-0.15, -0.1) is 0 Å². The fourth-order valence-corrected chi connectivity index (χ4v) is 5.33. The number of hydrogen-bond acceptors (Lipinski definition) is 3. The molecule has 0 bridgehead atoms. The van der Waals surface area contributed by atoms with Gasteiger partial charge in [0.25, 0.3) is 0 Å². The Hall–Kier alpha value is -2.75. The summed E-state index contributed by atoms with van der Waals surface area (Å²) in [6, 6.07) is 26.4. The lowest BCUT2D eigenvalue weighted by atomic mass is 10.1. The summed E-state index contributed by atoms with van der Waals surface area (Å²) < 4.78 is 0. The molecule has 0 aliphatic rings. The standard InChI is InChI=1S/C20H17N2O2PS/c23-20(24)19-14-8-7-9-16(19)15-21-22-25(26,17-10-3-1-4-11-17)18-12-5-2-6-13-18/h1-15H,(H,22,26)(H,23,24)/b21-15+. The summed E-state index contributed by atoms with van der Waals surface area (Å²) in [6.07, 6.45) is -0.852. The number of carboxylic acid groups (broad SMARTS) is 1. The molecule has 3 rings (SSSR count). The number of hydrazone groups is 1. The van der Waals surface area contributed by atoms with Crippen LogP contribution in [0.1, 0.15) is 15.9 Å². The minimum absolute atomic E-state index is 0.200. The smallest absolute Gasteiger partial charge is 0.336 e. The second-order valence-electron chi connectivity index (χ2n) is 5.53. The van der Waals surface area contributed by atoms with Gasteiger partial charge in [0.2, 0.25) is 0 Å². The van der Waals surface area contributed by atoms with E-state index >= 15 is 0 Å². The van der Waals surface area contributed by atoms with Crippen molar-refractivity contribution in [2.24, 2.45) is 5.10 Å². The first kappa shape index (κ1) is 18.1. The molecule has 0 atom stereocenters. The fourth-order valence-electron chi connectivity index (χ4n) is 2.52. The van der Waals surface area contributed by atoms with Gasteiger partial charge in [0.05, 0.1) is 11.8 Å². The normalized spacial score (nSPS) is 11.4. The van der Waals surface area contributed by atoms with E-state index in [1.165, 1.54) is 6.21 Å². The third kappa shape index (κ3) is 3.90. The number of carboxylic acids is 1. The van der Waals surface area contributed by atoms with Crippen LogP contribution in [0.5, 0.6) is 0 Å². The highest BCUT2D eigenvalue weighted by Gasteiger charge is 2.21. The lowest BCUT2D eigenvalue weighted by Gasteiger charge is -2.22. The summed E-state index contributed by atoms with van der Waals surface area (Å²) in [5, 5.41) is 18.7. The molecule has 0 amide bonds. The molecule has 26 heavy (non-hydrogen) atoms. The molecule has 0 spiro atoms. The fraction of sp³-hybridized carbons (Fsp3) is 0. The van der Waals surface area contributed by atoms with Crippen molar-refractivity contribution in [3.05, 3.63) is 96.1 Å². The Balaban J connectivity index is 1.96. The number of hydrogen-bond donors (Lipinski definition) is 2. The van der Waals surface area contributed by atoms with Crippen molar-refractivity contribution < 1.29 is 9.90 Å². The van der Waals surface area contributed by atoms with E-state index in [1.54, 1.807) is 24.3 Å². The molecule has 0 unspecified atom stereocenters. The number of carbonyl (C=O) groups is 1. The van der Waals surface area contributed by atoms with Crippen LogP contribution in [0.2, 0.25) is 0 Å². The van der Waals surface area contributed by atoms with E-state index < -0.39 is 12.2 Å². The predicted molar refractivity (Wildman–Crippen MR) is 111 cm³/mol. The summed E-state index contributed by atoms with van der Waals surface area (Å²) >= 11 is 6.00.